The van der Waals surface area contributed by atoms with Crippen LogP contribution < -0.4 is 10.6 Å². The summed E-state index contributed by atoms with van der Waals surface area (Å²) < 4.78 is 1.71. The minimum atomic E-state index is 0.550. The SMILES string of the molecule is CNC(=S)Nc1c(Br)cc(Cl)cc1Br. The molecule has 1 rings (SSSR count). The minimum Gasteiger partial charge on any atom is -0.366 e. The second-order valence-corrected chi connectivity index (χ2v) is 5.00. The average Bonchev–Trinajstić information content (AvgIpc) is 2.10. The highest BCUT2D eigenvalue weighted by molar-refractivity contribution is 9.11. The number of anilines is 1. The van der Waals surface area contributed by atoms with E-state index < -0.39 is 0 Å². The quantitative estimate of drug-likeness (QED) is 0.747. The summed E-state index contributed by atoms with van der Waals surface area (Å²) in [6.07, 6.45) is 0. The van der Waals surface area contributed by atoms with Crippen molar-refractivity contribution < 1.29 is 0 Å². The lowest BCUT2D eigenvalue weighted by Crippen LogP contribution is -2.24. The number of hydrogen-bond acceptors (Lipinski definition) is 1. The van der Waals surface area contributed by atoms with Crippen molar-refractivity contribution in [2.45, 2.75) is 0 Å². The molecule has 6 heteroatoms. The van der Waals surface area contributed by atoms with Crippen LogP contribution in [-0.2, 0) is 0 Å². The number of nitrogens with one attached hydrogen (secondary N) is 2. The normalized spacial score (nSPS) is 9.71. The minimum absolute atomic E-state index is 0.550. The van der Waals surface area contributed by atoms with Gasteiger partial charge in [0, 0.05) is 21.0 Å². The van der Waals surface area contributed by atoms with Gasteiger partial charge in [0.15, 0.2) is 5.11 Å². The zero-order valence-corrected chi connectivity index (χ0v) is 11.9. The maximum atomic E-state index is 5.86. The maximum absolute atomic E-state index is 5.86. The third kappa shape index (κ3) is 3.08. The molecule has 0 atom stereocenters. The van der Waals surface area contributed by atoms with E-state index in [0.717, 1.165) is 14.6 Å². The summed E-state index contributed by atoms with van der Waals surface area (Å²) in [5, 5.41) is 7.06. The van der Waals surface area contributed by atoms with Crippen LogP contribution >= 0.6 is 55.7 Å². The Hall–Kier alpha value is 0.160. The molecule has 0 spiro atoms. The predicted molar refractivity (Wildman–Crippen MR) is 72.1 cm³/mol. The second kappa shape index (κ2) is 5.30. The maximum Gasteiger partial charge on any atom is 0.170 e. The van der Waals surface area contributed by atoms with Crippen LogP contribution in [0.2, 0.25) is 5.02 Å². The summed E-state index contributed by atoms with van der Waals surface area (Å²) in [4.78, 5) is 0. The van der Waals surface area contributed by atoms with Crippen molar-refractivity contribution in [2.24, 2.45) is 0 Å². The van der Waals surface area contributed by atoms with E-state index in [1.54, 1.807) is 19.2 Å². The van der Waals surface area contributed by atoms with Crippen LogP contribution in [0.15, 0.2) is 21.1 Å². The van der Waals surface area contributed by atoms with Gasteiger partial charge in [-0.2, -0.15) is 0 Å². The van der Waals surface area contributed by atoms with Crippen molar-refractivity contribution in [3.63, 3.8) is 0 Å². The van der Waals surface area contributed by atoms with Crippen molar-refractivity contribution in [1.82, 2.24) is 5.32 Å². The highest BCUT2D eigenvalue weighted by Crippen LogP contribution is 2.34. The van der Waals surface area contributed by atoms with E-state index in [4.69, 9.17) is 23.8 Å². The van der Waals surface area contributed by atoms with Crippen LogP contribution in [0, 0.1) is 0 Å². The van der Waals surface area contributed by atoms with E-state index in [0.29, 0.717) is 10.1 Å². The van der Waals surface area contributed by atoms with Gasteiger partial charge in [0.2, 0.25) is 0 Å². The molecule has 0 aromatic heterocycles. The molecule has 14 heavy (non-hydrogen) atoms. The zero-order chi connectivity index (χ0) is 10.7. The molecule has 2 N–H and O–H groups in total. The van der Waals surface area contributed by atoms with E-state index in [1.807, 2.05) is 0 Å². The summed E-state index contributed by atoms with van der Waals surface area (Å²) >= 11 is 17.6. The molecular weight excluding hydrogens is 351 g/mol. The van der Waals surface area contributed by atoms with Gasteiger partial charge >= 0.3 is 0 Å². The number of halogens is 3. The summed E-state index contributed by atoms with van der Waals surface area (Å²) in [5.74, 6) is 0. The highest BCUT2D eigenvalue weighted by atomic mass is 79.9. The Balaban J connectivity index is 3.02. The van der Waals surface area contributed by atoms with Gasteiger partial charge < -0.3 is 10.6 Å². The van der Waals surface area contributed by atoms with E-state index in [9.17, 15) is 0 Å². The van der Waals surface area contributed by atoms with Crippen LogP contribution in [-0.4, -0.2) is 12.2 Å². The molecule has 2 nitrogen and oxygen atoms in total. The Morgan fingerprint density at radius 3 is 2.29 bits per heavy atom. The standard InChI is InChI=1S/C8H7Br2ClN2S/c1-12-8(14)13-7-5(9)2-4(11)3-6(7)10/h2-3H,1H3,(H2,12,13,14). The topological polar surface area (TPSA) is 24.1 Å². The smallest absolute Gasteiger partial charge is 0.170 e. The fraction of sp³-hybridized carbons (Fsp3) is 0.125. The monoisotopic (exact) mass is 356 g/mol. The third-order valence-corrected chi connectivity index (χ3v) is 3.25. The van der Waals surface area contributed by atoms with E-state index in [1.165, 1.54) is 0 Å². The summed E-state index contributed by atoms with van der Waals surface area (Å²) in [6.45, 7) is 0. The average molecular weight is 358 g/mol. The molecule has 0 saturated heterocycles. The molecule has 0 heterocycles. The third-order valence-electron chi connectivity index (χ3n) is 1.47. The van der Waals surface area contributed by atoms with Crippen molar-refractivity contribution in [1.29, 1.82) is 0 Å². The molecule has 0 radical (unpaired) electrons. The van der Waals surface area contributed by atoms with Crippen molar-refractivity contribution in [2.75, 3.05) is 12.4 Å². The Labute approximate surface area is 110 Å². The first-order chi connectivity index (χ1) is 6.54. The lowest BCUT2D eigenvalue weighted by molar-refractivity contribution is 1.19. The molecule has 0 bridgehead atoms. The lowest BCUT2D eigenvalue weighted by atomic mass is 10.3. The first-order valence-corrected chi connectivity index (χ1v) is 6.05. The second-order valence-electron chi connectivity index (χ2n) is 2.45. The Kier molecular flexibility index (Phi) is 4.63. The molecule has 0 aliphatic rings. The molecule has 1 aromatic carbocycles. The fourth-order valence-corrected chi connectivity index (χ4v) is 2.81. The van der Waals surface area contributed by atoms with Crippen LogP contribution in [0.5, 0.6) is 0 Å². The predicted octanol–water partition coefficient (Wildman–Crippen LogP) is 3.78. The number of rotatable bonds is 1. The van der Waals surface area contributed by atoms with Gasteiger partial charge in [0.1, 0.15) is 0 Å². The summed E-state index contributed by atoms with van der Waals surface area (Å²) in [5.41, 5.74) is 0.855. The van der Waals surface area contributed by atoms with Crippen molar-refractivity contribution in [3.05, 3.63) is 26.1 Å². The van der Waals surface area contributed by atoms with Gasteiger partial charge in [-0.1, -0.05) is 11.6 Å². The molecule has 0 unspecified atom stereocenters. The molecule has 76 valence electrons. The van der Waals surface area contributed by atoms with Crippen molar-refractivity contribution in [3.8, 4) is 0 Å². The summed E-state index contributed by atoms with van der Waals surface area (Å²) in [6, 6.07) is 3.60. The molecule has 0 saturated carbocycles. The van der Waals surface area contributed by atoms with E-state index in [-0.39, 0.29) is 0 Å². The Bertz CT molecular complexity index is 347. The van der Waals surface area contributed by atoms with Gasteiger partial charge in [-0.3, -0.25) is 0 Å². The van der Waals surface area contributed by atoms with Gasteiger partial charge in [-0.25, -0.2) is 0 Å². The number of hydrogen-bond donors (Lipinski definition) is 2. The zero-order valence-electron chi connectivity index (χ0n) is 7.20. The van der Waals surface area contributed by atoms with Gasteiger partial charge in [-0.15, -0.1) is 0 Å². The van der Waals surface area contributed by atoms with Crippen LogP contribution in [0.1, 0.15) is 0 Å². The number of benzene rings is 1. The lowest BCUT2D eigenvalue weighted by Gasteiger charge is -2.11. The van der Waals surface area contributed by atoms with Crippen LogP contribution in [0.25, 0.3) is 0 Å². The first-order valence-electron chi connectivity index (χ1n) is 3.68. The first kappa shape index (κ1) is 12.2. The van der Waals surface area contributed by atoms with E-state index >= 15 is 0 Å². The highest BCUT2D eigenvalue weighted by Gasteiger charge is 2.07. The summed E-state index contributed by atoms with van der Waals surface area (Å²) in [7, 11) is 1.76. The molecule has 0 aliphatic heterocycles. The van der Waals surface area contributed by atoms with Crippen molar-refractivity contribution >= 4 is 66.5 Å². The largest absolute Gasteiger partial charge is 0.366 e. The molecule has 1 aromatic rings. The molecular formula is C8H7Br2ClN2S. The van der Waals surface area contributed by atoms with Gasteiger partial charge in [0.05, 0.1) is 5.69 Å². The molecule has 0 fully saturated rings. The Morgan fingerprint density at radius 1 is 1.36 bits per heavy atom. The van der Waals surface area contributed by atoms with Gasteiger partial charge in [0.25, 0.3) is 0 Å². The Morgan fingerprint density at radius 2 is 1.86 bits per heavy atom. The van der Waals surface area contributed by atoms with E-state index in [2.05, 4.69) is 42.5 Å². The van der Waals surface area contributed by atoms with Crippen LogP contribution in [0.3, 0.4) is 0 Å². The molecule has 0 amide bonds. The van der Waals surface area contributed by atoms with Crippen LogP contribution in [0.4, 0.5) is 5.69 Å². The fourth-order valence-electron chi connectivity index (χ4n) is 0.838. The van der Waals surface area contributed by atoms with Gasteiger partial charge in [-0.05, 0) is 56.2 Å². The number of thiocarbonyl (C=S) groups is 1. The molecule has 0 aliphatic carbocycles.